The van der Waals surface area contributed by atoms with E-state index < -0.39 is 11.5 Å². The summed E-state index contributed by atoms with van der Waals surface area (Å²) in [5.41, 5.74) is 4.73. The molecule has 1 spiro atoms. The number of nitrogens with one attached hydrogen (secondary N) is 1. The van der Waals surface area contributed by atoms with E-state index in [1.165, 1.54) is 0 Å². The number of hydrogen-bond donors (Lipinski definition) is 1. The molecule has 2 aliphatic rings. The summed E-state index contributed by atoms with van der Waals surface area (Å²) in [7, 11) is 1.96. The summed E-state index contributed by atoms with van der Waals surface area (Å²) in [6.07, 6.45) is 2.04. The fourth-order valence-corrected chi connectivity index (χ4v) is 6.65. The van der Waals surface area contributed by atoms with Crippen LogP contribution in [0.25, 0.3) is 16.9 Å². The lowest BCUT2D eigenvalue weighted by Gasteiger charge is -2.35. The minimum absolute atomic E-state index is 0.0479. The van der Waals surface area contributed by atoms with Gasteiger partial charge >= 0.3 is 0 Å². The van der Waals surface area contributed by atoms with Crippen molar-refractivity contribution < 1.29 is 9.59 Å². The van der Waals surface area contributed by atoms with E-state index in [-0.39, 0.29) is 17.6 Å². The monoisotopic (exact) mass is 524 g/mol. The SMILES string of the molecule is CN1C[C@@H](c2cn(-c3ccccc3)nc2-c2ccccc2)[C@H](C(=O)c2ccccc2)[C@@]12C(=O)Nc1ccccc12. The molecule has 3 atom stereocenters. The molecule has 0 radical (unpaired) electrons. The van der Waals surface area contributed by atoms with Crippen molar-refractivity contribution in [3.05, 3.63) is 138 Å². The van der Waals surface area contributed by atoms with Crippen LogP contribution < -0.4 is 5.32 Å². The van der Waals surface area contributed by atoms with Crippen molar-refractivity contribution in [3.8, 4) is 16.9 Å². The minimum Gasteiger partial charge on any atom is -0.324 e. The molecule has 0 saturated carbocycles. The highest BCUT2D eigenvalue weighted by Crippen LogP contribution is 2.56. The Morgan fingerprint density at radius 1 is 0.850 bits per heavy atom. The lowest BCUT2D eigenvalue weighted by atomic mass is 9.70. The zero-order valence-corrected chi connectivity index (χ0v) is 22.1. The molecule has 6 nitrogen and oxygen atoms in total. The molecular formula is C34H28N4O2. The largest absolute Gasteiger partial charge is 0.324 e. The van der Waals surface area contributed by atoms with Gasteiger partial charge in [0, 0.05) is 46.6 Å². The van der Waals surface area contributed by atoms with Gasteiger partial charge in [-0.1, -0.05) is 97.1 Å². The average Bonchev–Trinajstić information content (AvgIpc) is 3.67. The van der Waals surface area contributed by atoms with E-state index >= 15 is 0 Å². The van der Waals surface area contributed by atoms with Gasteiger partial charge in [0.25, 0.3) is 0 Å². The summed E-state index contributed by atoms with van der Waals surface area (Å²) in [4.78, 5) is 30.7. The van der Waals surface area contributed by atoms with Gasteiger partial charge in [0.15, 0.2) is 5.78 Å². The number of anilines is 1. The minimum atomic E-state index is -1.14. The van der Waals surface area contributed by atoms with Crippen molar-refractivity contribution in [1.29, 1.82) is 0 Å². The molecule has 1 fully saturated rings. The van der Waals surface area contributed by atoms with E-state index in [1.54, 1.807) is 0 Å². The predicted octanol–water partition coefficient (Wildman–Crippen LogP) is 5.92. The van der Waals surface area contributed by atoms with Crippen LogP contribution >= 0.6 is 0 Å². The fourth-order valence-electron chi connectivity index (χ4n) is 6.65. The number of likely N-dealkylation sites (tertiary alicyclic amines) is 1. The van der Waals surface area contributed by atoms with Gasteiger partial charge in [0.1, 0.15) is 5.54 Å². The average molecular weight is 525 g/mol. The first-order chi connectivity index (χ1) is 19.6. The van der Waals surface area contributed by atoms with E-state index in [4.69, 9.17) is 5.10 Å². The number of hydrogen-bond acceptors (Lipinski definition) is 4. The zero-order chi connectivity index (χ0) is 27.3. The summed E-state index contributed by atoms with van der Waals surface area (Å²) in [6.45, 7) is 0.519. The van der Waals surface area contributed by atoms with Crippen LogP contribution in [0, 0.1) is 5.92 Å². The fraction of sp³-hybridized carbons (Fsp3) is 0.147. The van der Waals surface area contributed by atoms with Crippen LogP contribution in [0.5, 0.6) is 0 Å². The summed E-state index contributed by atoms with van der Waals surface area (Å²) in [5, 5.41) is 8.14. The number of likely N-dealkylation sites (N-methyl/N-ethyl adjacent to an activating group) is 1. The van der Waals surface area contributed by atoms with E-state index in [0.717, 1.165) is 33.8 Å². The van der Waals surface area contributed by atoms with E-state index in [1.807, 2.05) is 133 Å². The van der Waals surface area contributed by atoms with Gasteiger partial charge < -0.3 is 5.32 Å². The van der Waals surface area contributed by atoms with Crippen molar-refractivity contribution in [2.45, 2.75) is 11.5 Å². The van der Waals surface area contributed by atoms with Gasteiger partial charge in [-0.2, -0.15) is 5.10 Å². The van der Waals surface area contributed by atoms with Gasteiger partial charge in [-0.3, -0.25) is 14.5 Å². The Morgan fingerprint density at radius 3 is 2.20 bits per heavy atom. The number of ketones is 1. The van der Waals surface area contributed by atoms with E-state index in [9.17, 15) is 9.59 Å². The van der Waals surface area contributed by atoms with Crippen LogP contribution in [0.2, 0.25) is 0 Å². The van der Waals surface area contributed by atoms with Gasteiger partial charge in [0.2, 0.25) is 5.91 Å². The highest BCUT2D eigenvalue weighted by atomic mass is 16.2. The molecule has 7 rings (SSSR count). The van der Waals surface area contributed by atoms with Crippen molar-refractivity contribution in [2.75, 3.05) is 18.9 Å². The molecule has 1 saturated heterocycles. The Balaban J connectivity index is 1.47. The molecular weight excluding hydrogens is 496 g/mol. The standard InChI is InChI=1S/C34H28N4O2/c1-37-21-26(27-22-38(25-17-9-4-10-18-25)36-31(27)23-13-5-2-6-14-23)30(32(39)24-15-7-3-8-16-24)34(37)28-19-11-12-20-29(28)35-33(34)40/h2-20,22,26,30H,21H2,1H3,(H,35,40)/t26-,30+,34-/m0/s1. The number of para-hydroxylation sites is 2. The first-order valence-electron chi connectivity index (χ1n) is 13.5. The lowest BCUT2D eigenvalue weighted by Crippen LogP contribution is -2.51. The van der Waals surface area contributed by atoms with Crippen molar-refractivity contribution in [3.63, 3.8) is 0 Å². The van der Waals surface area contributed by atoms with Gasteiger partial charge in [-0.15, -0.1) is 0 Å². The first kappa shape index (κ1) is 24.2. The third-order valence-electron chi connectivity index (χ3n) is 8.41. The summed E-state index contributed by atoms with van der Waals surface area (Å²) in [5.74, 6) is -1.17. The maximum atomic E-state index is 14.6. The number of Topliss-reactive ketones (excluding diaryl/α,β-unsaturated/α-hetero) is 1. The lowest BCUT2D eigenvalue weighted by molar-refractivity contribution is -0.126. The molecule has 2 aliphatic heterocycles. The number of amides is 1. The molecule has 6 heteroatoms. The molecule has 0 bridgehead atoms. The Kier molecular flexibility index (Phi) is 5.72. The Hall–Kier alpha value is -4.81. The number of fused-ring (bicyclic) bond motifs is 2. The van der Waals surface area contributed by atoms with Crippen LogP contribution in [0.3, 0.4) is 0 Å². The maximum absolute atomic E-state index is 14.6. The Morgan fingerprint density at radius 2 is 1.48 bits per heavy atom. The zero-order valence-electron chi connectivity index (χ0n) is 22.1. The molecule has 196 valence electrons. The van der Waals surface area contributed by atoms with Crippen LogP contribution in [0.1, 0.15) is 27.4 Å². The maximum Gasteiger partial charge on any atom is 0.250 e. The normalized spacial score (nSPS) is 21.9. The van der Waals surface area contributed by atoms with E-state index in [2.05, 4.69) is 10.2 Å². The molecule has 1 N–H and O–H groups in total. The van der Waals surface area contributed by atoms with E-state index in [0.29, 0.717) is 12.1 Å². The van der Waals surface area contributed by atoms with Gasteiger partial charge in [-0.25, -0.2) is 4.68 Å². The number of aromatic nitrogens is 2. The summed E-state index contributed by atoms with van der Waals surface area (Å²) < 4.78 is 1.88. The molecule has 5 aromatic rings. The molecule has 40 heavy (non-hydrogen) atoms. The topological polar surface area (TPSA) is 67.2 Å². The number of nitrogens with zero attached hydrogens (tertiary/aromatic N) is 3. The number of rotatable bonds is 5. The number of benzene rings is 4. The van der Waals surface area contributed by atoms with Crippen LogP contribution in [0.15, 0.2) is 121 Å². The van der Waals surface area contributed by atoms with Crippen molar-refractivity contribution in [2.24, 2.45) is 5.92 Å². The van der Waals surface area contributed by atoms with Gasteiger partial charge in [-0.05, 0) is 25.2 Å². The summed E-state index contributed by atoms with van der Waals surface area (Å²) in [6, 6.07) is 37.1. The van der Waals surface area contributed by atoms with Crippen LogP contribution in [-0.4, -0.2) is 40.0 Å². The molecule has 4 aromatic carbocycles. The highest BCUT2D eigenvalue weighted by molar-refractivity contribution is 6.12. The molecule has 0 aliphatic carbocycles. The predicted molar refractivity (Wildman–Crippen MR) is 155 cm³/mol. The Labute approximate surface area is 232 Å². The van der Waals surface area contributed by atoms with Crippen LogP contribution in [0.4, 0.5) is 5.69 Å². The molecule has 3 heterocycles. The van der Waals surface area contributed by atoms with Crippen molar-refractivity contribution >= 4 is 17.4 Å². The first-order valence-corrected chi connectivity index (χ1v) is 13.5. The highest BCUT2D eigenvalue weighted by Gasteiger charge is 2.64. The second-order valence-electron chi connectivity index (χ2n) is 10.5. The van der Waals surface area contributed by atoms with Crippen molar-refractivity contribution in [1.82, 2.24) is 14.7 Å². The smallest absolute Gasteiger partial charge is 0.250 e. The third-order valence-corrected chi connectivity index (χ3v) is 8.41. The quantitative estimate of drug-likeness (QED) is 0.290. The molecule has 0 unspecified atom stereocenters. The molecule has 1 aromatic heterocycles. The Bertz CT molecular complexity index is 1720. The second kappa shape index (κ2) is 9.43. The van der Waals surface area contributed by atoms with Gasteiger partial charge in [0.05, 0.1) is 17.3 Å². The summed E-state index contributed by atoms with van der Waals surface area (Å²) >= 11 is 0. The third kappa shape index (κ3) is 3.57. The second-order valence-corrected chi connectivity index (χ2v) is 10.5. The van der Waals surface area contributed by atoms with Crippen LogP contribution in [-0.2, 0) is 10.3 Å². The molecule has 1 amide bonds. The number of carbonyl (C=O) groups excluding carboxylic acids is 2. The number of carbonyl (C=O) groups is 2.